The largest absolute Gasteiger partial charge is 0.349 e. The molecule has 6 nitrogen and oxygen atoms in total. The van der Waals surface area contributed by atoms with Crippen molar-refractivity contribution < 1.29 is 8.42 Å². The van der Waals surface area contributed by atoms with E-state index in [1.54, 1.807) is 6.26 Å². The number of rotatable bonds is 0. The van der Waals surface area contributed by atoms with E-state index in [2.05, 4.69) is 14.7 Å². The van der Waals surface area contributed by atoms with E-state index < -0.39 is 10.2 Å². The summed E-state index contributed by atoms with van der Waals surface area (Å²) in [7, 11) is -0.671. The number of nitrogens with one attached hydrogen (secondary N) is 1. The molecule has 0 amide bonds. The maximum Gasteiger partial charge on any atom is 0.349 e. The Bertz CT molecular complexity index is 359. The van der Waals surface area contributed by atoms with Crippen molar-refractivity contribution in [2.45, 2.75) is 0 Å². The van der Waals surface area contributed by atoms with Gasteiger partial charge in [0.05, 0.1) is 0 Å². The third-order valence-corrected chi connectivity index (χ3v) is 3.44. The predicted octanol–water partition coefficient (Wildman–Crippen LogP) is -0.529. The van der Waals surface area contributed by atoms with Crippen LogP contribution < -0.4 is 5.32 Å². The molecule has 0 aliphatic carbocycles. The second-order valence-electron chi connectivity index (χ2n) is 2.22. The molecule has 74 valence electrons. The average Bonchev–Trinajstić information content (AvgIpc) is 2.09. The highest BCUT2D eigenvalue weighted by atomic mass is 32.2. The number of aliphatic imine (C=N–C) groups is 1. The molecule has 0 atom stereocenters. The van der Waals surface area contributed by atoms with E-state index in [0.29, 0.717) is 5.17 Å². The predicted molar refractivity (Wildman–Crippen MR) is 54.1 cm³/mol. The number of guanidine groups is 1. The lowest BCUT2D eigenvalue weighted by Gasteiger charge is -2.23. The van der Waals surface area contributed by atoms with Gasteiger partial charge in [-0.05, 0) is 6.26 Å². The first-order valence-corrected chi connectivity index (χ1v) is 6.00. The monoisotopic (exact) mass is 222 g/mol. The molecular formula is C5H10N4O2S2. The molecule has 0 fully saturated rings. The van der Waals surface area contributed by atoms with Crippen LogP contribution in [-0.2, 0) is 10.2 Å². The van der Waals surface area contributed by atoms with Gasteiger partial charge in [-0.25, -0.2) is 4.31 Å². The quantitative estimate of drug-likeness (QED) is 0.598. The summed E-state index contributed by atoms with van der Waals surface area (Å²) >= 11 is 1.22. The van der Waals surface area contributed by atoms with Crippen LogP contribution in [0.4, 0.5) is 0 Å². The maximum absolute atomic E-state index is 11.3. The Hall–Kier alpha value is -0.760. The standard InChI is InChI=1S/C5H10N4O2S2/c1-6-4-7-5(12-3)8-13(10,11)9(4)2/h1-3H3,(H,6,7,8). The van der Waals surface area contributed by atoms with Crippen LogP contribution in [0.2, 0.25) is 0 Å². The lowest BCUT2D eigenvalue weighted by Crippen LogP contribution is -2.48. The smallest absolute Gasteiger partial charge is 0.304 e. The number of amidine groups is 1. The van der Waals surface area contributed by atoms with Gasteiger partial charge in [0.2, 0.25) is 5.96 Å². The van der Waals surface area contributed by atoms with Crippen LogP contribution in [0, 0.1) is 0 Å². The minimum atomic E-state index is -3.58. The third-order valence-electron chi connectivity index (χ3n) is 1.47. The van der Waals surface area contributed by atoms with E-state index in [-0.39, 0.29) is 5.96 Å². The van der Waals surface area contributed by atoms with Crippen molar-refractivity contribution in [2.24, 2.45) is 9.39 Å². The summed E-state index contributed by atoms with van der Waals surface area (Å²) in [6.45, 7) is 0. The fourth-order valence-corrected chi connectivity index (χ4v) is 2.26. The minimum absolute atomic E-state index is 0.277. The van der Waals surface area contributed by atoms with E-state index in [4.69, 9.17) is 0 Å². The first kappa shape index (κ1) is 10.3. The summed E-state index contributed by atoms with van der Waals surface area (Å²) in [4.78, 5) is 3.78. The molecule has 8 heteroatoms. The van der Waals surface area contributed by atoms with E-state index in [0.717, 1.165) is 4.31 Å². The van der Waals surface area contributed by atoms with Gasteiger partial charge in [0.25, 0.3) is 0 Å². The van der Waals surface area contributed by atoms with Crippen LogP contribution in [0.1, 0.15) is 0 Å². The van der Waals surface area contributed by atoms with Crippen molar-refractivity contribution in [1.29, 1.82) is 0 Å². The summed E-state index contributed by atoms with van der Waals surface area (Å²) in [5.74, 6) is 0.277. The summed E-state index contributed by atoms with van der Waals surface area (Å²) in [5.41, 5.74) is 0. The molecule has 0 spiro atoms. The molecular weight excluding hydrogens is 212 g/mol. The highest BCUT2D eigenvalue weighted by Crippen LogP contribution is 2.10. The van der Waals surface area contributed by atoms with Crippen molar-refractivity contribution >= 4 is 33.1 Å². The van der Waals surface area contributed by atoms with Gasteiger partial charge in [0.15, 0.2) is 5.17 Å². The zero-order valence-electron chi connectivity index (χ0n) is 7.47. The molecule has 0 aromatic rings. The molecule has 0 aromatic carbocycles. The summed E-state index contributed by atoms with van der Waals surface area (Å²) < 4.78 is 27.1. The number of hydrogen-bond acceptors (Lipinski definition) is 4. The topological polar surface area (TPSA) is 74.1 Å². The molecule has 13 heavy (non-hydrogen) atoms. The molecule has 0 saturated heterocycles. The van der Waals surface area contributed by atoms with Crippen molar-refractivity contribution in [2.75, 3.05) is 20.4 Å². The first-order chi connectivity index (χ1) is 6.01. The van der Waals surface area contributed by atoms with Gasteiger partial charge in [-0.2, -0.15) is 8.42 Å². The Balaban J connectivity index is 3.16. The van der Waals surface area contributed by atoms with Gasteiger partial charge in [0, 0.05) is 14.1 Å². The summed E-state index contributed by atoms with van der Waals surface area (Å²) in [6.07, 6.45) is 1.74. The molecule has 1 rings (SSSR count). The van der Waals surface area contributed by atoms with Crippen LogP contribution in [-0.4, -0.2) is 44.2 Å². The maximum atomic E-state index is 11.3. The average molecular weight is 222 g/mol. The highest BCUT2D eigenvalue weighted by molar-refractivity contribution is 8.14. The Morgan fingerprint density at radius 2 is 2.23 bits per heavy atom. The van der Waals surface area contributed by atoms with Crippen molar-refractivity contribution in [3.63, 3.8) is 0 Å². The molecule has 1 N–H and O–H groups in total. The molecule has 1 heterocycles. The van der Waals surface area contributed by atoms with E-state index in [1.165, 1.54) is 25.9 Å². The van der Waals surface area contributed by atoms with Crippen LogP contribution in [0.3, 0.4) is 0 Å². The fourth-order valence-electron chi connectivity index (χ4n) is 0.757. The molecule has 0 radical (unpaired) electrons. The molecule has 0 unspecified atom stereocenters. The Labute approximate surface area is 81.3 Å². The first-order valence-electron chi connectivity index (χ1n) is 3.38. The van der Waals surface area contributed by atoms with Crippen LogP contribution in [0.25, 0.3) is 0 Å². The molecule has 0 bridgehead atoms. The van der Waals surface area contributed by atoms with Crippen LogP contribution >= 0.6 is 11.8 Å². The normalized spacial score (nSPS) is 24.1. The Kier molecular flexibility index (Phi) is 2.81. The summed E-state index contributed by atoms with van der Waals surface area (Å²) in [5, 5.41) is 3.10. The van der Waals surface area contributed by atoms with Gasteiger partial charge in [-0.1, -0.05) is 11.8 Å². The number of nitrogens with zero attached hydrogens (tertiary/aromatic N) is 3. The molecule has 0 aromatic heterocycles. The van der Waals surface area contributed by atoms with E-state index >= 15 is 0 Å². The second kappa shape index (κ2) is 3.54. The molecule has 1 aliphatic rings. The van der Waals surface area contributed by atoms with E-state index in [9.17, 15) is 8.42 Å². The Morgan fingerprint density at radius 1 is 1.62 bits per heavy atom. The van der Waals surface area contributed by atoms with Crippen LogP contribution in [0.15, 0.2) is 9.39 Å². The van der Waals surface area contributed by atoms with Gasteiger partial charge < -0.3 is 5.32 Å². The number of hydrogen-bond donors (Lipinski definition) is 1. The lowest BCUT2D eigenvalue weighted by atomic mass is 10.9. The van der Waals surface area contributed by atoms with Crippen molar-refractivity contribution in [3.05, 3.63) is 0 Å². The lowest BCUT2D eigenvalue weighted by molar-refractivity contribution is 0.548. The SMILES string of the molecule is CN=C1NC(SC)=NS(=O)(=O)N1C. The third kappa shape index (κ3) is 1.94. The summed E-state index contributed by atoms with van der Waals surface area (Å²) in [6, 6.07) is 0. The van der Waals surface area contributed by atoms with Gasteiger partial charge in [-0.3, -0.25) is 4.99 Å². The second-order valence-corrected chi connectivity index (χ2v) is 4.64. The molecule has 1 aliphatic heterocycles. The Morgan fingerprint density at radius 3 is 2.69 bits per heavy atom. The minimum Gasteiger partial charge on any atom is -0.304 e. The van der Waals surface area contributed by atoms with Gasteiger partial charge in [-0.15, -0.1) is 4.40 Å². The number of thioether (sulfide) groups is 1. The fraction of sp³-hybridized carbons (Fsp3) is 0.600. The molecule has 0 saturated carbocycles. The van der Waals surface area contributed by atoms with Gasteiger partial charge in [0.1, 0.15) is 0 Å². The van der Waals surface area contributed by atoms with Crippen molar-refractivity contribution in [3.8, 4) is 0 Å². The zero-order valence-corrected chi connectivity index (χ0v) is 9.11. The van der Waals surface area contributed by atoms with E-state index in [1.807, 2.05) is 0 Å². The zero-order chi connectivity index (χ0) is 10.1. The van der Waals surface area contributed by atoms with Crippen molar-refractivity contribution in [1.82, 2.24) is 9.62 Å². The van der Waals surface area contributed by atoms with Gasteiger partial charge >= 0.3 is 10.2 Å². The van der Waals surface area contributed by atoms with Crippen LogP contribution in [0.5, 0.6) is 0 Å². The highest BCUT2D eigenvalue weighted by Gasteiger charge is 2.27.